The van der Waals surface area contributed by atoms with E-state index in [1.165, 1.54) is 0 Å². The molecule has 0 saturated carbocycles. The van der Waals surface area contributed by atoms with Crippen molar-refractivity contribution in [1.82, 2.24) is 4.58 Å². The Morgan fingerprint density at radius 2 is 1.18 bits per heavy atom. The van der Waals surface area contributed by atoms with Gasteiger partial charge in [0.15, 0.2) is 0 Å². The van der Waals surface area contributed by atoms with Gasteiger partial charge in [0, 0.05) is 58.2 Å². The number of aliphatic hydroxyl groups is 4. The van der Waals surface area contributed by atoms with Gasteiger partial charge >= 0.3 is 0 Å². The molecule has 0 bridgehead atoms. The Labute approximate surface area is 357 Å². The third-order valence-corrected chi connectivity index (χ3v) is 10.9. The first-order valence-electron chi connectivity index (χ1n) is 20.1. The molecule has 9 rings (SSSR count). The number of aromatic hydroxyl groups is 1. The highest BCUT2D eigenvalue weighted by Crippen LogP contribution is 2.46. The van der Waals surface area contributed by atoms with Crippen molar-refractivity contribution in [3.05, 3.63) is 198 Å². The largest absolute Gasteiger partial charge is 0.507 e. The van der Waals surface area contributed by atoms with E-state index in [-0.39, 0.29) is 66.0 Å². The van der Waals surface area contributed by atoms with Gasteiger partial charge in [0.05, 0.1) is 41.5 Å². The van der Waals surface area contributed by atoms with Crippen LogP contribution >= 0.6 is 0 Å². The number of rotatable bonds is 12. The summed E-state index contributed by atoms with van der Waals surface area (Å²) in [5.41, 5.74) is 4.60. The molecule has 10 nitrogen and oxygen atoms in total. The number of ketones is 1. The number of phenols is 1. The fourth-order valence-corrected chi connectivity index (χ4v) is 8.01. The van der Waals surface area contributed by atoms with E-state index in [9.17, 15) is 30.3 Å². The number of hydrogen-bond donors (Lipinski definition) is 5. The summed E-state index contributed by atoms with van der Waals surface area (Å²) in [5, 5.41) is 57.1. The molecule has 62 heavy (non-hydrogen) atoms. The minimum Gasteiger partial charge on any atom is -0.507 e. The van der Waals surface area contributed by atoms with Crippen LogP contribution in [-0.2, 0) is 4.79 Å². The van der Waals surface area contributed by atoms with Gasteiger partial charge in [-0.05, 0) is 77.5 Å². The Hall–Kier alpha value is -7.92. The topological polar surface area (TPSA) is 143 Å². The van der Waals surface area contributed by atoms with Gasteiger partial charge in [0.2, 0.25) is 22.9 Å². The number of phenolic OH excluding ortho intramolecular Hbond substituents is 1. The number of hydrogen-bond acceptors (Lipinski definition) is 9. The molecule has 7 aromatic carbocycles. The van der Waals surface area contributed by atoms with Crippen LogP contribution in [0.15, 0.2) is 193 Å². The van der Waals surface area contributed by atoms with Gasteiger partial charge in [-0.1, -0.05) is 66.7 Å². The molecule has 2 aliphatic carbocycles. The fourth-order valence-electron chi connectivity index (χ4n) is 8.01. The monoisotopic (exact) mass is 821 g/mol. The maximum atomic E-state index is 14.0. The molecule has 5 N–H and O–H groups in total. The lowest BCUT2D eigenvalue weighted by Gasteiger charge is -2.28. The van der Waals surface area contributed by atoms with E-state index < -0.39 is 5.78 Å². The third kappa shape index (κ3) is 7.34. The first-order valence-corrected chi connectivity index (χ1v) is 20.1. The maximum absolute atomic E-state index is 14.0. The zero-order valence-corrected chi connectivity index (χ0v) is 33.3. The van der Waals surface area contributed by atoms with Gasteiger partial charge in [0.25, 0.3) is 0 Å². The molecule has 2 aliphatic rings. The molecule has 0 spiro atoms. The van der Waals surface area contributed by atoms with Crippen molar-refractivity contribution >= 4 is 67.0 Å². The maximum Gasteiger partial charge on any atom is 0.219 e. The van der Waals surface area contributed by atoms with Gasteiger partial charge in [-0.25, -0.2) is 0 Å². The molecule has 0 amide bonds. The number of nitrogens with zero attached hydrogens (tertiary/aromatic N) is 2. The second-order valence-corrected chi connectivity index (χ2v) is 14.6. The molecule has 0 radical (unpaired) electrons. The number of carbonyl (C=O) groups excluding carboxylic acids is 1. The Morgan fingerprint density at radius 1 is 0.581 bits per heavy atom. The van der Waals surface area contributed by atoms with Gasteiger partial charge in [-0.15, -0.1) is 0 Å². The van der Waals surface area contributed by atoms with E-state index >= 15 is 0 Å². The number of carbonyl (C=O) groups is 1. The Balaban J connectivity index is 1.08. The summed E-state index contributed by atoms with van der Waals surface area (Å²) < 4.78 is 13.2. The lowest BCUT2D eigenvalue weighted by atomic mass is 9.79. The number of aliphatic hydroxyl groups excluding tert-OH is 4. The zero-order chi connectivity index (χ0) is 42.7. The van der Waals surface area contributed by atoms with Crippen LogP contribution in [0.25, 0.3) is 27.1 Å². The Morgan fingerprint density at radius 3 is 1.82 bits per heavy atom. The van der Waals surface area contributed by atoms with E-state index in [0.29, 0.717) is 22.9 Å². The predicted molar refractivity (Wildman–Crippen MR) is 244 cm³/mol. The molecular weight excluding hydrogens is 781 g/mol. The quantitative estimate of drug-likeness (QED) is 0.0601. The van der Waals surface area contributed by atoms with E-state index in [1.807, 2.05) is 143 Å². The van der Waals surface area contributed by atoms with E-state index in [4.69, 9.17) is 9.47 Å². The summed E-state index contributed by atoms with van der Waals surface area (Å²) in [7, 11) is 0. The molecule has 0 aliphatic heterocycles. The SMILES string of the molecule is O=C1C(c2ccc(N(c3ccc(OCCO)cc3)c3cccc4ccccc34)cc2O)=C(O)/C1=C1/C=CC(=[N+](c2ccc(OCCO)cc2)c2cccc3ccccc23)C=C1O. The summed E-state index contributed by atoms with van der Waals surface area (Å²) in [6, 6.07) is 47.6. The summed E-state index contributed by atoms with van der Waals surface area (Å²) >= 11 is 0. The molecule has 0 aromatic heterocycles. The Bertz CT molecular complexity index is 3020. The predicted octanol–water partition coefficient (Wildman–Crippen LogP) is 10.0. The first-order chi connectivity index (χ1) is 30.3. The van der Waals surface area contributed by atoms with Crippen molar-refractivity contribution < 1.29 is 39.8 Å². The van der Waals surface area contributed by atoms with Crippen LogP contribution in [0.5, 0.6) is 17.2 Å². The summed E-state index contributed by atoms with van der Waals surface area (Å²) in [6.45, 7) is 0.110. The van der Waals surface area contributed by atoms with Crippen molar-refractivity contribution in [1.29, 1.82) is 0 Å². The number of benzene rings is 7. The summed E-state index contributed by atoms with van der Waals surface area (Å²) in [4.78, 5) is 15.9. The summed E-state index contributed by atoms with van der Waals surface area (Å²) in [6.07, 6.45) is 4.93. The fraction of sp³-hybridized carbons (Fsp3) is 0.0769. The van der Waals surface area contributed by atoms with Crippen molar-refractivity contribution in [3.8, 4) is 17.2 Å². The number of Topliss-reactive ketones (excluding diaryl/α,β-unsaturated/α-hetero) is 1. The van der Waals surface area contributed by atoms with Crippen LogP contribution in [0.3, 0.4) is 0 Å². The van der Waals surface area contributed by atoms with E-state index in [1.54, 1.807) is 36.4 Å². The first kappa shape index (κ1) is 39.5. The van der Waals surface area contributed by atoms with Crippen LogP contribution in [0, 0.1) is 0 Å². The second-order valence-electron chi connectivity index (χ2n) is 14.6. The smallest absolute Gasteiger partial charge is 0.219 e. The van der Waals surface area contributed by atoms with Gasteiger partial charge < -0.3 is 39.9 Å². The van der Waals surface area contributed by atoms with Gasteiger partial charge in [0.1, 0.15) is 42.0 Å². The van der Waals surface area contributed by atoms with Crippen LogP contribution in [0.1, 0.15) is 5.56 Å². The molecule has 306 valence electrons. The number of allylic oxidation sites excluding steroid dienone is 5. The van der Waals surface area contributed by atoms with E-state index in [2.05, 4.69) is 0 Å². The highest BCUT2D eigenvalue weighted by molar-refractivity contribution is 6.40. The molecular formula is C52H41N2O8+. The highest BCUT2D eigenvalue weighted by Gasteiger charge is 2.40. The average Bonchev–Trinajstić information content (AvgIpc) is 3.30. The zero-order valence-electron chi connectivity index (χ0n) is 33.3. The minimum atomic E-state index is -0.526. The second kappa shape index (κ2) is 17.0. The van der Waals surface area contributed by atoms with Crippen LogP contribution in [0.2, 0.25) is 0 Å². The molecule has 0 saturated heterocycles. The lowest BCUT2D eigenvalue weighted by Crippen LogP contribution is -2.24. The highest BCUT2D eigenvalue weighted by atomic mass is 16.5. The van der Waals surface area contributed by atoms with Crippen molar-refractivity contribution in [2.24, 2.45) is 0 Å². The summed E-state index contributed by atoms with van der Waals surface area (Å²) in [5.74, 6) is -0.117. The van der Waals surface area contributed by atoms with Gasteiger partial charge in [-0.2, -0.15) is 4.58 Å². The van der Waals surface area contributed by atoms with Crippen molar-refractivity contribution in [2.45, 2.75) is 0 Å². The normalized spacial score (nSPS) is 15.7. The van der Waals surface area contributed by atoms with Crippen molar-refractivity contribution in [3.63, 3.8) is 0 Å². The van der Waals surface area contributed by atoms with Crippen molar-refractivity contribution in [2.75, 3.05) is 31.3 Å². The third-order valence-electron chi connectivity index (χ3n) is 10.9. The number of fused-ring (bicyclic) bond motifs is 2. The molecule has 0 unspecified atom stereocenters. The van der Waals surface area contributed by atoms with Gasteiger partial charge in [-0.3, -0.25) is 4.79 Å². The minimum absolute atomic E-state index is 0.0597. The standard InChI is InChI=1S/C52H40N2O8/c55-27-29-61-39-21-15-35(16-22-39)53(45-13-5-9-33-7-1-3-11-41(33)45)37-19-25-43(47(57)31-37)49-51(59)50(52(49)60)44-26-20-38(32-48(44)58)54(36-17-23-40(24-18-36)62-30-28-56)46-14-6-10-34-8-2-4-12-42(34)46/h1-26,31-32,55-56H,27-30H2,(H2,57,58,59,60)/p+1. The molecule has 10 heteroatoms. The number of ether oxygens (including phenoxy) is 2. The molecule has 0 heterocycles. The molecule has 0 atom stereocenters. The molecule has 0 fully saturated rings. The average molecular weight is 822 g/mol. The molecule has 7 aromatic rings. The Kier molecular flexibility index (Phi) is 10.8. The van der Waals surface area contributed by atoms with E-state index in [0.717, 1.165) is 44.3 Å². The lowest BCUT2D eigenvalue weighted by molar-refractivity contribution is -0.111. The van der Waals surface area contributed by atoms with Crippen LogP contribution in [0.4, 0.5) is 28.4 Å². The number of anilines is 3. The van der Waals surface area contributed by atoms with Crippen LogP contribution < -0.4 is 18.9 Å². The van der Waals surface area contributed by atoms with Crippen LogP contribution in [-0.4, -0.2) is 63.5 Å².